The Bertz CT molecular complexity index is 664. The van der Waals surface area contributed by atoms with E-state index < -0.39 is 12.1 Å². The Kier molecular flexibility index (Phi) is 3.92. The third-order valence-electron chi connectivity index (χ3n) is 3.41. The monoisotopic (exact) mass is 305 g/mol. The van der Waals surface area contributed by atoms with Crippen molar-refractivity contribution in [2.45, 2.75) is 12.5 Å². The Balaban J connectivity index is 1.69. The van der Waals surface area contributed by atoms with E-state index in [0.717, 1.165) is 0 Å². The zero-order chi connectivity index (χ0) is 15.5. The van der Waals surface area contributed by atoms with Crippen molar-refractivity contribution in [2.24, 2.45) is 0 Å². The summed E-state index contributed by atoms with van der Waals surface area (Å²) in [5, 5.41) is 15.6. The predicted molar refractivity (Wildman–Crippen MR) is 74.2 cm³/mol. The molecule has 3 heterocycles. The van der Waals surface area contributed by atoms with Gasteiger partial charge in [-0.15, -0.1) is 0 Å². The molecular weight excluding hydrogens is 290 g/mol. The summed E-state index contributed by atoms with van der Waals surface area (Å²) >= 11 is 0. The summed E-state index contributed by atoms with van der Waals surface area (Å²) in [7, 11) is 0. The number of aliphatic carboxylic acids is 1. The number of aromatic nitrogens is 2. The Hall–Kier alpha value is -2.61. The van der Waals surface area contributed by atoms with E-state index in [9.17, 15) is 9.59 Å². The Morgan fingerprint density at radius 2 is 2.36 bits per heavy atom. The van der Waals surface area contributed by atoms with Crippen LogP contribution in [0, 0.1) is 0 Å². The standard InChI is InChI=1S/C14H15N3O5/c18-13(19)6-9-8-17(3-5-21-9)14(20)11-7-10(15-16-11)12-2-1-4-22-12/h1-2,4,7,9H,3,5-6,8H2,(H,15,16)(H,18,19). The number of morpholine rings is 1. The first-order chi connectivity index (χ1) is 10.6. The topological polar surface area (TPSA) is 109 Å². The summed E-state index contributed by atoms with van der Waals surface area (Å²) < 4.78 is 10.6. The molecule has 8 nitrogen and oxygen atoms in total. The van der Waals surface area contributed by atoms with E-state index in [-0.39, 0.29) is 24.6 Å². The first-order valence-corrected chi connectivity index (χ1v) is 6.85. The van der Waals surface area contributed by atoms with Crippen LogP contribution in [0.2, 0.25) is 0 Å². The lowest BCUT2D eigenvalue weighted by Crippen LogP contribution is -2.46. The van der Waals surface area contributed by atoms with Gasteiger partial charge in [-0.3, -0.25) is 14.7 Å². The summed E-state index contributed by atoms with van der Waals surface area (Å²) in [5.74, 6) is -0.607. The molecule has 2 aromatic heterocycles. The second-order valence-corrected chi connectivity index (χ2v) is 4.99. The van der Waals surface area contributed by atoms with Crippen LogP contribution < -0.4 is 0 Å². The third kappa shape index (κ3) is 3.01. The molecule has 0 bridgehead atoms. The maximum absolute atomic E-state index is 12.4. The lowest BCUT2D eigenvalue weighted by molar-refractivity contribution is -0.141. The van der Waals surface area contributed by atoms with Gasteiger partial charge in [-0.05, 0) is 12.1 Å². The number of rotatable bonds is 4. The Morgan fingerprint density at radius 1 is 1.50 bits per heavy atom. The predicted octanol–water partition coefficient (Wildman–Crippen LogP) is 0.985. The van der Waals surface area contributed by atoms with Gasteiger partial charge < -0.3 is 19.2 Å². The van der Waals surface area contributed by atoms with Crippen LogP contribution in [-0.4, -0.2) is 57.9 Å². The van der Waals surface area contributed by atoms with Crippen molar-refractivity contribution in [3.05, 3.63) is 30.2 Å². The molecule has 2 N–H and O–H groups in total. The van der Waals surface area contributed by atoms with Crippen molar-refractivity contribution in [1.29, 1.82) is 0 Å². The maximum Gasteiger partial charge on any atom is 0.306 e. The van der Waals surface area contributed by atoms with E-state index in [4.69, 9.17) is 14.3 Å². The zero-order valence-electron chi connectivity index (χ0n) is 11.7. The minimum Gasteiger partial charge on any atom is -0.481 e. The van der Waals surface area contributed by atoms with Crippen molar-refractivity contribution in [1.82, 2.24) is 15.1 Å². The molecule has 22 heavy (non-hydrogen) atoms. The van der Waals surface area contributed by atoms with Crippen LogP contribution in [0.25, 0.3) is 11.5 Å². The van der Waals surface area contributed by atoms with Gasteiger partial charge in [0, 0.05) is 19.2 Å². The number of ether oxygens (including phenoxy) is 1. The molecule has 1 unspecified atom stereocenters. The van der Waals surface area contributed by atoms with Gasteiger partial charge in [-0.2, -0.15) is 5.10 Å². The fourth-order valence-corrected chi connectivity index (χ4v) is 2.37. The summed E-state index contributed by atoms with van der Waals surface area (Å²) in [6, 6.07) is 5.12. The molecule has 0 radical (unpaired) electrons. The van der Waals surface area contributed by atoms with Crippen molar-refractivity contribution in [3.8, 4) is 11.5 Å². The average molecular weight is 305 g/mol. The smallest absolute Gasteiger partial charge is 0.306 e. The number of aromatic amines is 1. The normalized spacial score (nSPS) is 18.4. The van der Waals surface area contributed by atoms with Crippen molar-refractivity contribution < 1.29 is 23.8 Å². The summed E-state index contributed by atoms with van der Waals surface area (Å²) in [6.45, 7) is 0.977. The number of nitrogens with one attached hydrogen (secondary N) is 1. The number of carboxylic acid groups (broad SMARTS) is 1. The molecule has 0 saturated carbocycles. The van der Waals surface area contributed by atoms with Crippen LogP contribution in [0.15, 0.2) is 28.9 Å². The summed E-state index contributed by atoms with van der Waals surface area (Å²) in [6.07, 6.45) is 0.927. The summed E-state index contributed by atoms with van der Waals surface area (Å²) in [4.78, 5) is 24.7. The van der Waals surface area contributed by atoms with Crippen molar-refractivity contribution in [3.63, 3.8) is 0 Å². The molecular formula is C14H15N3O5. The fourth-order valence-electron chi connectivity index (χ4n) is 2.37. The minimum absolute atomic E-state index is 0.123. The van der Waals surface area contributed by atoms with E-state index in [1.165, 1.54) is 6.26 Å². The van der Waals surface area contributed by atoms with E-state index >= 15 is 0 Å². The van der Waals surface area contributed by atoms with Gasteiger partial charge in [-0.1, -0.05) is 0 Å². The van der Waals surface area contributed by atoms with Crippen LogP contribution >= 0.6 is 0 Å². The number of carbonyl (C=O) groups is 2. The Labute approximate surface area is 125 Å². The second-order valence-electron chi connectivity index (χ2n) is 4.99. The highest BCUT2D eigenvalue weighted by Crippen LogP contribution is 2.19. The van der Waals surface area contributed by atoms with Crippen LogP contribution in [0.1, 0.15) is 16.9 Å². The molecule has 1 fully saturated rings. The number of furan rings is 1. The van der Waals surface area contributed by atoms with Crippen molar-refractivity contribution >= 4 is 11.9 Å². The fraction of sp³-hybridized carbons (Fsp3) is 0.357. The number of hydrogen-bond acceptors (Lipinski definition) is 5. The molecule has 0 aromatic carbocycles. The van der Waals surface area contributed by atoms with E-state index in [1.54, 1.807) is 23.1 Å². The molecule has 3 rings (SSSR count). The molecule has 1 aliphatic rings. The molecule has 2 aromatic rings. The molecule has 0 spiro atoms. The minimum atomic E-state index is -0.945. The lowest BCUT2D eigenvalue weighted by Gasteiger charge is -2.31. The maximum atomic E-state index is 12.4. The van der Waals surface area contributed by atoms with Gasteiger partial charge in [0.05, 0.1) is 25.4 Å². The van der Waals surface area contributed by atoms with Gasteiger partial charge in [0.25, 0.3) is 5.91 Å². The SMILES string of the molecule is O=C(O)CC1CN(C(=O)c2cc(-c3ccco3)[nH]n2)CCO1. The van der Waals surface area contributed by atoms with E-state index in [1.807, 2.05) is 0 Å². The van der Waals surface area contributed by atoms with Crippen LogP contribution in [0.3, 0.4) is 0 Å². The highest BCUT2D eigenvalue weighted by Gasteiger charge is 2.28. The first-order valence-electron chi connectivity index (χ1n) is 6.85. The molecule has 1 amide bonds. The largest absolute Gasteiger partial charge is 0.481 e. The molecule has 0 aliphatic carbocycles. The number of hydrogen-bond donors (Lipinski definition) is 2. The van der Waals surface area contributed by atoms with Crippen LogP contribution in [0.4, 0.5) is 0 Å². The van der Waals surface area contributed by atoms with Gasteiger partial charge in [0.15, 0.2) is 11.5 Å². The van der Waals surface area contributed by atoms with Gasteiger partial charge in [0.2, 0.25) is 0 Å². The number of amides is 1. The first kappa shape index (κ1) is 14.3. The van der Waals surface area contributed by atoms with E-state index in [0.29, 0.717) is 24.6 Å². The molecule has 116 valence electrons. The van der Waals surface area contributed by atoms with Gasteiger partial charge >= 0.3 is 5.97 Å². The quantitative estimate of drug-likeness (QED) is 0.871. The lowest BCUT2D eigenvalue weighted by atomic mass is 10.2. The number of carbonyl (C=O) groups excluding carboxylic acids is 1. The second kappa shape index (κ2) is 6.02. The van der Waals surface area contributed by atoms with Crippen molar-refractivity contribution in [2.75, 3.05) is 19.7 Å². The number of H-pyrrole nitrogens is 1. The highest BCUT2D eigenvalue weighted by atomic mass is 16.5. The van der Waals surface area contributed by atoms with Crippen LogP contribution in [-0.2, 0) is 9.53 Å². The molecule has 8 heteroatoms. The molecule has 1 atom stereocenters. The van der Waals surface area contributed by atoms with Crippen LogP contribution in [0.5, 0.6) is 0 Å². The number of carboxylic acids is 1. The highest BCUT2D eigenvalue weighted by molar-refractivity contribution is 5.93. The number of nitrogens with zero attached hydrogens (tertiary/aromatic N) is 2. The third-order valence-corrected chi connectivity index (χ3v) is 3.41. The van der Waals surface area contributed by atoms with E-state index in [2.05, 4.69) is 10.2 Å². The zero-order valence-corrected chi connectivity index (χ0v) is 11.7. The molecule has 1 aliphatic heterocycles. The van der Waals surface area contributed by atoms with Gasteiger partial charge in [0.1, 0.15) is 5.69 Å². The molecule has 1 saturated heterocycles. The Morgan fingerprint density at radius 3 is 3.09 bits per heavy atom. The summed E-state index contributed by atoms with van der Waals surface area (Å²) in [5.41, 5.74) is 0.881. The average Bonchev–Trinajstić information content (AvgIpc) is 3.17. The van der Waals surface area contributed by atoms with Gasteiger partial charge in [-0.25, -0.2) is 0 Å².